The molecule has 38 heavy (non-hydrogen) atoms. The monoisotopic (exact) mass is 626 g/mol. The van der Waals surface area contributed by atoms with Gasteiger partial charge in [0, 0.05) is 0 Å². The smallest absolute Gasteiger partial charge is 0.338 e. The molecule has 1 aliphatic heterocycles. The van der Waals surface area contributed by atoms with Gasteiger partial charge in [-0.25, -0.2) is 4.79 Å². The van der Waals surface area contributed by atoms with E-state index in [0.717, 1.165) is 16.7 Å². The third-order valence-corrected chi connectivity index (χ3v) is 7.69. The highest BCUT2D eigenvalue weighted by Crippen LogP contribution is 2.45. The molecule has 0 bridgehead atoms. The van der Waals surface area contributed by atoms with E-state index < -0.39 is 33.8 Å². The van der Waals surface area contributed by atoms with Crippen molar-refractivity contribution in [3.63, 3.8) is 0 Å². The second kappa shape index (κ2) is 11.3. The van der Waals surface area contributed by atoms with Gasteiger partial charge in [-0.2, -0.15) is 8.78 Å². The molecule has 4 aromatic rings. The molecule has 194 valence electrons. The molecule has 5 rings (SSSR count). The average Bonchev–Trinajstić information content (AvgIpc) is 3.18. The lowest BCUT2D eigenvalue weighted by atomic mass is 9.80. The molecule has 4 nitrogen and oxygen atoms in total. The van der Waals surface area contributed by atoms with Crippen LogP contribution in [-0.2, 0) is 19.8 Å². The van der Waals surface area contributed by atoms with Gasteiger partial charge in [-0.15, -0.1) is 0 Å². The predicted octanol–water partition coefficient (Wildman–Crippen LogP) is 7.02. The van der Waals surface area contributed by atoms with Crippen molar-refractivity contribution in [1.29, 1.82) is 0 Å². The highest BCUT2D eigenvalue weighted by Gasteiger charge is 2.61. The van der Waals surface area contributed by atoms with E-state index in [1.807, 2.05) is 91.0 Å². The second-order valence-electron chi connectivity index (χ2n) is 8.95. The molecule has 0 N–H and O–H groups in total. The van der Waals surface area contributed by atoms with Crippen LogP contribution >= 0.6 is 22.6 Å². The molecule has 7 heteroatoms. The van der Waals surface area contributed by atoms with E-state index in [1.54, 1.807) is 40.8 Å². The van der Waals surface area contributed by atoms with Gasteiger partial charge in [-0.1, -0.05) is 109 Å². The van der Waals surface area contributed by atoms with Crippen molar-refractivity contribution in [1.82, 2.24) is 0 Å². The lowest BCUT2D eigenvalue weighted by molar-refractivity contribution is -0.106. The summed E-state index contributed by atoms with van der Waals surface area (Å²) in [6.45, 7) is -0.249. The van der Waals surface area contributed by atoms with Crippen molar-refractivity contribution in [2.24, 2.45) is 0 Å². The van der Waals surface area contributed by atoms with E-state index in [4.69, 9.17) is 14.2 Å². The SMILES string of the molecule is O=C(O[C@@H]1[C@@H](COC(c2ccccc2)(c2ccccc2)c2ccccc2)OC(I)C1(F)F)c1ccccc1. The zero-order valence-electron chi connectivity index (χ0n) is 20.3. The van der Waals surface area contributed by atoms with Crippen LogP contribution in [0.3, 0.4) is 0 Å². The summed E-state index contributed by atoms with van der Waals surface area (Å²) in [7, 11) is 0. The van der Waals surface area contributed by atoms with Crippen molar-refractivity contribution in [2.45, 2.75) is 27.8 Å². The molecule has 0 aromatic heterocycles. The normalized spacial score (nSPS) is 20.7. The van der Waals surface area contributed by atoms with E-state index in [9.17, 15) is 4.79 Å². The lowest BCUT2D eigenvalue weighted by Crippen LogP contribution is -2.44. The molecule has 0 saturated carbocycles. The summed E-state index contributed by atoms with van der Waals surface area (Å²) < 4.78 is 46.7. The summed E-state index contributed by atoms with van der Waals surface area (Å²) in [6.07, 6.45) is -3.02. The third-order valence-electron chi connectivity index (χ3n) is 6.56. The molecule has 0 spiro atoms. The van der Waals surface area contributed by atoms with Gasteiger partial charge in [0.1, 0.15) is 11.7 Å². The van der Waals surface area contributed by atoms with Gasteiger partial charge in [-0.3, -0.25) is 0 Å². The Morgan fingerprint density at radius 3 is 1.63 bits per heavy atom. The maximum absolute atomic E-state index is 15.3. The molecular weight excluding hydrogens is 601 g/mol. The van der Waals surface area contributed by atoms with Crippen LogP contribution in [0.1, 0.15) is 27.0 Å². The zero-order valence-corrected chi connectivity index (χ0v) is 22.4. The molecule has 0 radical (unpaired) electrons. The highest BCUT2D eigenvalue weighted by molar-refractivity contribution is 14.1. The fourth-order valence-electron chi connectivity index (χ4n) is 4.71. The summed E-state index contributed by atoms with van der Waals surface area (Å²) in [5, 5.41) is 0. The van der Waals surface area contributed by atoms with Crippen LogP contribution < -0.4 is 0 Å². The molecule has 1 saturated heterocycles. The number of carbonyl (C=O) groups is 1. The largest absolute Gasteiger partial charge is 0.449 e. The minimum atomic E-state index is -3.41. The van der Waals surface area contributed by atoms with Crippen LogP contribution in [0, 0.1) is 0 Å². The molecular formula is C31H25F2IO4. The molecule has 1 fully saturated rings. The van der Waals surface area contributed by atoms with Crippen molar-refractivity contribution in [3.05, 3.63) is 144 Å². The first-order chi connectivity index (χ1) is 18.4. The van der Waals surface area contributed by atoms with Gasteiger partial charge in [0.2, 0.25) is 0 Å². The topological polar surface area (TPSA) is 44.8 Å². The molecule has 4 aromatic carbocycles. The Bertz CT molecular complexity index is 1240. The van der Waals surface area contributed by atoms with Crippen molar-refractivity contribution in [3.8, 4) is 0 Å². The molecule has 3 atom stereocenters. The van der Waals surface area contributed by atoms with Crippen LogP contribution in [0.5, 0.6) is 0 Å². The first kappa shape index (κ1) is 26.5. The number of carbonyl (C=O) groups excluding carboxylic acids is 1. The van der Waals surface area contributed by atoms with Gasteiger partial charge >= 0.3 is 11.9 Å². The minimum Gasteiger partial charge on any atom is -0.449 e. The van der Waals surface area contributed by atoms with E-state index in [1.165, 1.54) is 12.1 Å². The second-order valence-corrected chi connectivity index (χ2v) is 10.1. The lowest BCUT2D eigenvalue weighted by Gasteiger charge is -2.37. The quantitative estimate of drug-likeness (QED) is 0.0914. The van der Waals surface area contributed by atoms with E-state index >= 15 is 8.78 Å². The average molecular weight is 626 g/mol. The number of hydrogen-bond acceptors (Lipinski definition) is 4. The summed E-state index contributed by atoms with van der Waals surface area (Å²) in [5.41, 5.74) is 1.54. The van der Waals surface area contributed by atoms with E-state index in [0.29, 0.717) is 0 Å². The van der Waals surface area contributed by atoms with Crippen LogP contribution in [0.2, 0.25) is 0 Å². The Morgan fingerprint density at radius 2 is 1.18 bits per heavy atom. The maximum atomic E-state index is 15.3. The minimum absolute atomic E-state index is 0.187. The Morgan fingerprint density at radius 1 is 0.763 bits per heavy atom. The number of ether oxygens (including phenoxy) is 3. The van der Waals surface area contributed by atoms with Gasteiger partial charge in [-0.05, 0) is 51.4 Å². The number of halogens is 3. The molecule has 0 amide bonds. The number of esters is 1. The zero-order chi connectivity index (χ0) is 26.6. The molecule has 1 heterocycles. The van der Waals surface area contributed by atoms with Crippen LogP contribution in [0.25, 0.3) is 0 Å². The number of hydrogen-bond donors (Lipinski definition) is 0. The number of alkyl halides is 3. The first-order valence-electron chi connectivity index (χ1n) is 12.2. The molecule has 0 aliphatic carbocycles. The van der Waals surface area contributed by atoms with E-state index in [-0.39, 0.29) is 12.2 Å². The Hall–Kier alpha value is -3.14. The fraction of sp³-hybridized carbons (Fsp3) is 0.194. The van der Waals surface area contributed by atoms with E-state index in [2.05, 4.69) is 0 Å². The Balaban J connectivity index is 1.52. The summed E-state index contributed by atoms with van der Waals surface area (Å²) >= 11 is 1.54. The van der Waals surface area contributed by atoms with Crippen LogP contribution in [0.15, 0.2) is 121 Å². The summed E-state index contributed by atoms with van der Waals surface area (Å²) in [4.78, 5) is 12.8. The third kappa shape index (κ3) is 5.10. The highest BCUT2D eigenvalue weighted by atomic mass is 127. The summed E-state index contributed by atoms with van der Waals surface area (Å²) in [5.74, 6) is -4.25. The van der Waals surface area contributed by atoms with Gasteiger partial charge < -0.3 is 14.2 Å². The Labute approximate surface area is 233 Å². The van der Waals surface area contributed by atoms with Gasteiger partial charge in [0.05, 0.1) is 12.2 Å². The van der Waals surface area contributed by atoms with Crippen LogP contribution in [0.4, 0.5) is 8.78 Å². The summed E-state index contributed by atoms with van der Waals surface area (Å²) in [6, 6.07) is 36.9. The first-order valence-corrected chi connectivity index (χ1v) is 13.4. The number of rotatable bonds is 8. The Kier molecular flexibility index (Phi) is 7.88. The van der Waals surface area contributed by atoms with Gasteiger partial charge in [0.15, 0.2) is 10.2 Å². The van der Waals surface area contributed by atoms with Gasteiger partial charge in [0.25, 0.3) is 0 Å². The predicted molar refractivity (Wildman–Crippen MR) is 148 cm³/mol. The van der Waals surface area contributed by atoms with Crippen molar-refractivity contribution in [2.75, 3.05) is 6.61 Å². The van der Waals surface area contributed by atoms with Crippen molar-refractivity contribution < 1.29 is 27.8 Å². The maximum Gasteiger partial charge on any atom is 0.338 e. The fourth-order valence-corrected chi connectivity index (χ4v) is 5.44. The molecule has 1 aliphatic rings. The molecule has 1 unspecified atom stereocenters. The standard InChI is InChI=1S/C31H25F2IO4/c32-31(33)27(38-28(35)22-13-5-1-6-14-22)26(37-29(31)34)21-36-30(23-15-7-2-8-16-23,24-17-9-3-10-18-24)25-19-11-4-12-20-25/h1-20,26-27,29H,21H2/t26-,27-,29?/m1/s1. The number of benzene rings is 4. The van der Waals surface area contributed by atoms with Crippen molar-refractivity contribution >= 4 is 28.6 Å². The van der Waals surface area contributed by atoms with Crippen LogP contribution in [-0.4, -0.2) is 34.8 Å².